The van der Waals surface area contributed by atoms with Gasteiger partial charge in [0, 0.05) is 33.6 Å². The molecule has 0 radical (unpaired) electrons. The van der Waals surface area contributed by atoms with Gasteiger partial charge in [-0.2, -0.15) is 0 Å². The molecule has 0 saturated carbocycles. The fourth-order valence-corrected chi connectivity index (χ4v) is 3.41. The number of anilines is 2. The summed E-state index contributed by atoms with van der Waals surface area (Å²) in [6, 6.07) is 29.8. The van der Waals surface area contributed by atoms with Crippen LogP contribution in [0, 0.1) is 0 Å². The summed E-state index contributed by atoms with van der Waals surface area (Å²) in [6.07, 6.45) is 0. The van der Waals surface area contributed by atoms with E-state index in [0.717, 1.165) is 0 Å². The number of benzene rings is 4. The van der Waals surface area contributed by atoms with Gasteiger partial charge in [-0.05, 0) is 24.3 Å². The van der Waals surface area contributed by atoms with Crippen LogP contribution in [0.2, 0.25) is 0 Å². The molecule has 0 fully saturated rings. The Kier molecular flexibility index (Phi) is 6.32. The number of hydrogen-bond acceptors (Lipinski definition) is 5. The molecule has 4 aromatic rings. The summed E-state index contributed by atoms with van der Waals surface area (Å²) in [6.45, 7) is 0. The van der Waals surface area contributed by atoms with Gasteiger partial charge in [-0.3, -0.25) is 19.2 Å². The zero-order chi connectivity index (χ0) is 23.2. The fourth-order valence-electron chi connectivity index (χ4n) is 3.41. The van der Waals surface area contributed by atoms with Crippen molar-refractivity contribution in [2.75, 3.05) is 5.32 Å². The highest BCUT2D eigenvalue weighted by atomic mass is 16.2. The molecule has 0 unspecified atom stereocenters. The van der Waals surface area contributed by atoms with Crippen LogP contribution in [0.3, 0.4) is 0 Å². The third-order valence-corrected chi connectivity index (χ3v) is 5.10. The molecule has 1 N–H and O–H groups in total. The zero-order valence-corrected chi connectivity index (χ0v) is 17.5. The first-order valence-electron chi connectivity index (χ1n) is 10.3. The van der Waals surface area contributed by atoms with Crippen molar-refractivity contribution in [3.05, 3.63) is 131 Å². The summed E-state index contributed by atoms with van der Waals surface area (Å²) in [5.74, 6) is -2.61. The number of Topliss-reactive ketones (excluding diaryl/α,β-unsaturated/α-hetero) is 4. The average molecular weight is 433 g/mol. The van der Waals surface area contributed by atoms with Crippen molar-refractivity contribution in [1.82, 2.24) is 0 Å². The summed E-state index contributed by atoms with van der Waals surface area (Å²) in [7, 11) is 0. The number of carbonyl (C=O) groups is 4. The molecule has 0 aliphatic rings. The first kappa shape index (κ1) is 21.6. The predicted octanol–water partition coefficient (Wildman–Crippen LogP) is 5.56. The second-order valence-electron chi connectivity index (χ2n) is 7.26. The van der Waals surface area contributed by atoms with E-state index in [0.29, 0.717) is 22.5 Å². The quantitative estimate of drug-likeness (QED) is 0.291. The van der Waals surface area contributed by atoms with Crippen LogP contribution in [0.5, 0.6) is 0 Å². The van der Waals surface area contributed by atoms with Crippen molar-refractivity contribution in [2.45, 2.75) is 0 Å². The minimum absolute atomic E-state index is 0.169. The van der Waals surface area contributed by atoms with E-state index in [1.165, 1.54) is 0 Å². The van der Waals surface area contributed by atoms with Crippen LogP contribution < -0.4 is 5.32 Å². The number of nitrogens with one attached hydrogen (secondary N) is 1. The smallest absolute Gasteiger partial charge is 0.235 e. The summed E-state index contributed by atoms with van der Waals surface area (Å²) in [5, 5.41) is 3.07. The molecule has 0 amide bonds. The van der Waals surface area contributed by atoms with Crippen LogP contribution in [0.15, 0.2) is 109 Å². The molecule has 4 rings (SSSR count). The molecule has 0 spiro atoms. The van der Waals surface area contributed by atoms with Crippen molar-refractivity contribution in [3.63, 3.8) is 0 Å². The van der Waals surface area contributed by atoms with Gasteiger partial charge in [0.1, 0.15) is 0 Å². The maximum absolute atomic E-state index is 13.0. The normalized spacial score (nSPS) is 10.3. The maximum Gasteiger partial charge on any atom is 0.235 e. The average Bonchev–Trinajstić information content (AvgIpc) is 2.88. The van der Waals surface area contributed by atoms with Gasteiger partial charge in [0.15, 0.2) is 0 Å². The SMILES string of the molecule is O=C(C(=O)c1ccccc1Nc1ccccc1C(=O)C(=O)c1ccccc1)c1ccccc1. The molecular weight excluding hydrogens is 414 g/mol. The Balaban J connectivity index is 1.65. The molecule has 0 atom stereocenters. The summed E-state index contributed by atoms with van der Waals surface area (Å²) in [4.78, 5) is 51.3. The zero-order valence-electron chi connectivity index (χ0n) is 17.5. The standard InChI is InChI=1S/C28H19NO4/c30-25(19-11-3-1-4-12-19)27(32)21-15-7-9-17-23(21)29-24-18-10-8-16-22(24)28(33)26(31)20-13-5-2-6-14-20/h1-18,29H. The largest absolute Gasteiger partial charge is 0.354 e. The van der Waals surface area contributed by atoms with E-state index in [4.69, 9.17) is 0 Å². The lowest BCUT2D eigenvalue weighted by Gasteiger charge is -2.14. The van der Waals surface area contributed by atoms with Gasteiger partial charge in [-0.1, -0.05) is 84.9 Å². The molecule has 5 heteroatoms. The highest BCUT2D eigenvalue weighted by Gasteiger charge is 2.23. The van der Waals surface area contributed by atoms with Gasteiger partial charge in [-0.15, -0.1) is 0 Å². The van der Waals surface area contributed by atoms with Crippen LogP contribution in [-0.2, 0) is 0 Å². The molecule has 5 nitrogen and oxygen atoms in total. The maximum atomic E-state index is 13.0. The van der Waals surface area contributed by atoms with Crippen molar-refractivity contribution in [2.24, 2.45) is 0 Å². The molecular formula is C28H19NO4. The van der Waals surface area contributed by atoms with Crippen LogP contribution in [0.4, 0.5) is 11.4 Å². The van der Waals surface area contributed by atoms with Crippen LogP contribution >= 0.6 is 0 Å². The van der Waals surface area contributed by atoms with Crippen LogP contribution in [0.1, 0.15) is 41.4 Å². The summed E-state index contributed by atoms with van der Waals surface area (Å²) in [5.41, 5.74) is 1.65. The van der Waals surface area contributed by atoms with Crippen LogP contribution in [-0.4, -0.2) is 23.1 Å². The Morgan fingerprint density at radius 2 is 0.727 bits per heavy atom. The van der Waals surface area contributed by atoms with Crippen molar-refractivity contribution in [3.8, 4) is 0 Å². The first-order chi connectivity index (χ1) is 16.1. The summed E-state index contributed by atoms with van der Waals surface area (Å²) < 4.78 is 0. The molecule has 0 bridgehead atoms. The highest BCUT2D eigenvalue weighted by Crippen LogP contribution is 2.26. The molecule has 0 aliphatic carbocycles. The topological polar surface area (TPSA) is 80.3 Å². The van der Waals surface area contributed by atoms with E-state index < -0.39 is 23.1 Å². The van der Waals surface area contributed by atoms with Crippen molar-refractivity contribution < 1.29 is 19.2 Å². The van der Waals surface area contributed by atoms with E-state index >= 15 is 0 Å². The number of hydrogen-bond donors (Lipinski definition) is 1. The molecule has 33 heavy (non-hydrogen) atoms. The Labute approximate surface area is 190 Å². The van der Waals surface area contributed by atoms with E-state index in [1.807, 2.05) is 0 Å². The Morgan fingerprint density at radius 3 is 1.12 bits per heavy atom. The fraction of sp³-hybridized carbons (Fsp3) is 0. The van der Waals surface area contributed by atoms with Crippen molar-refractivity contribution in [1.29, 1.82) is 0 Å². The second kappa shape index (κ2) is 9.66. The van der Waals surface area contributed by atoms with E-state index in [-0.39, 0.29) is 11.1 Å². The Bertz CT molecular complexity index is 1240. The van der Waals surface area contributed by atoms with Gasteiger partial charge in [0.2, 0.25) is 23.1 Å². The number of rotatable bonds is 8. The lowest BCUT2D eigenvalue weighted by atomic mass is 9.98. The molecule has 0 aromatic heterocycles. The van der Waals surface area contributed by atoms with E-state index in [1.54, 1.807) is 109 Å². The molecule has 0 saturated heterocycles. The van der Waals surface area contributed by atoms with Gasteiger partial charge in [-0.25, -0.2) is 0 Å². The third-order valence-electron chi connectivity index (χ3n) is 5.10. The van der Waals surface area contributed by atoms with Crippen molar-refractivity contribution >= 4 is 34.5 Å². The lowest BCUT2D eigenvalue weighted by molar-refractivity contribution is 0.0817. The molecule has 0 heterocycles. The van der Waals surface area contributed by atoms with Gasteiger partial charge in [0.05, 0.1) is 0 Å². The Morgan fingerprint density at radius 1 is 0.394 bits per heavy atom. The van der Waals surface area contributed by atoms with Gasteiger partial charge >= 0.3 is 0 Å². The Hall–Kier alpha value is -4.64. The van der Waals surface area contributed by atoms with Gasteiger partial charge < -0.3 is 5.32 Å². The predicted molar refractivity (Wildman–Crippen MR) is 126 cm³/mol. The summed E-state index contributed by atoms with van der Waals surface area (Å²) >= 11 is 0. The highest BCUT2D eigenvalue weighted by molar-refractivity contribution is 6.51. The molecule has 4 aromatic carbocycles. The lowest BCUT2D eigenvalue weighted by Crippen LogP contribution is -2.18. The number of para-hydroxylation sites is 2. The minimum Gasteiger partial charge on any atom is -0.354 e. The second-order valence-corrected chi connectivity index (χ2v) is 7.26. The van der Waals surface area contributed by atoms with Gasteiger partial charge in [0.25, 0.3) is 0 Å². The molecule has 0 aliphatic heterocycles. The monoisotopic (exact) mass is 433 g/mol. The number of ketones is 4. The number of carbonyl (C=O) groups excluding carboxylic acids is 4. The van der Waals surface area contributed by atoms with E-state index in [9.17, 15) is 19.2 Å². The minimum atomic E-state index is -0.673. The molecule has 160 valence electrons. The third kappa shape index (κ3) is 4.67. The van der Waals surface area contributed by atoms with Crippen LogP contribution in [0.25, 0.3) is 0 Å². The first-order valence-corrected chi connectivity index (χ1v) is 10.3. The van der Waals surface area contributed by atoms with E-state index in [2.05, 4.69) is 5.32 Å².